The maximum Gasteiger partial charge on any atom is 0.349 e. The Kier molecular flexibility index (Phi) is 5.85. The molecule has 0 radical (unpaired) electrons. The Labute approximate surface area is 221 Å². The fourth-order valence-corrected chi connectivity index (χ4v) is 6.23. The van der Waals surface area contributed by atoms with Gasteiger partial charge >= 0.3 is 5.97 Å². The fraction of sp³-hybridized carbons (Fsp3) is 0.346. The average molecular weight is 543 g/mol. The van der Waals surface area contributed by atoms with Crippen LogP contribution >= 0.6 is 22.9 Å². The van der Waals surface area contributed by atoms with Gasteiger partial charge < -0.3 is 19.1 Å². The Morgan fingerprint density at radius 2 is 2.05 bits per heavy atom. The van der Waals surface area contributed by atoms with E-state index in [4.69, 9.17) is 21.1 Å². The molecule has 0 bridgehead atoms. The summed E-state index contributed by atoms with van der Waals surface area (Å²) in [6.45, 7) is 4.11. The number of fused-ring (bicyclic) bond motifs is 2. The summed E-state index contributed by atoms with van der Waals surface area (Å²) in [7, 11) is 1.73. The highest BCUT2D eigenvalue weighted by atomic mass is 35.5. The van der Waals surface area contributed by atoms with E-state index in [1.165, 1.54) is 0 Å². The van der Waals surface area contributed by atoms with E-state index >= 15 is 0 Å². The van der Waals surface area contributed by atoms with Gasteiger partial charge in [-0.3, -0.25) is 9.88 Å². The van der Waals surface area contributed by atoms with Crippen molar-refractivity contribution >= 4 is 39.3 Å². The molecule has 4 aromatic rings. The second-order valence-electron chi connectivity index (χ2n) is 9.53. The van der Waals surface area contributed by atoms with Crippen LogP contribution in [0.15, 0.2) is 36.5 Å². The Morgan fingerprint density at radius 1 is 1.27 bits per heavy atom. The van der Waals surface area contributed by atoms with Gasteiger partial charge in [-0.25, -0.2) is 14.2 Å². The van der Waals surface area contributed by atoms with Crippen LogP contribution in [0.5, 0.6) is 11.5 Å². The number of thiophene rings is 1. The summed E-state index contributed by atoms with van der Waals surface area (Å²) in [6, 6.07) is 9.58. The minimum Gasteiger partial charge on any atom is -0.477 e. The van der Waals surface area contributed by atoms with Crippen molar-refractivity contribution in [3.63, 3.8) is 0 Å². The van der Waals surface area contributed by atoms with Gasteiger partial charge in [0.1, 0.15) is 21.9 Å². The summed E-state index contributed by atoms with van der Waals surface area (Å²) in [5, 5.41) is 9.73. The van der Waals surface area contributed by atoms with E-state index in [9.17, 15) is 14.3 Å². The maximum atomic E-state index is 14.6. The number of carboxylic acid groups (broad SMARTS) is 1. The number of aryl methyl sites for hydroxylation is 1. The van der Waals surface area contributed by atoms with Crippen molar-refractivity contribution in [2.45, 2.75) is 38.0 Å². The molecule has 2 aliphatic rings. The number of aromatic carboxylic acids is 1. The van der Waals surface area contributed by atoms with Gasteiger partial charge in [-0.2, -0.15) is 0 Å². The van der Waals surface area contributed by atoms with E-state index < -0.39 is 17.6 Å². The van der Waals surface area contributed by atoms with E-state index in [2.05, 4.69) is 20.9 Å². The summed E-state index contributed by atoms with van der Waals surface area (Å²) in [6.07, 6.45) is 3.43. The quantitative estimate of drug-likeness (QED) is 0.354. The van der Waals surface area contributed by atoms with Crippen LogP contribution in [0.4, 0.5) is 4.39 Å². The monoisotopic (exact) mass is 542 g/mol. The second-order valence-corrected chi connectivity index (χ2v) is 11.0. The number of likely N-dealkylation sites (tertiary alicyclic amines) is 1. The molecule has 0 aliphatic carbocycles. The van der Waals surface area contributed by atoms with E-state index in [0.717, 1.165) is 54.4 Å². The molecule has 1 atom stereocenters. The summed E-state index contributed by atoms with van der Waals surface area (Å²) < 4.78 is 28.8. The van der Waals surface area contributed by atoms with Crippen molar-refractivity contribution < 1.29 is 23.8 Å². The molecule has 1 saturated heterocycles. The minimum absolute atomic E-state index is 0.252. The molecule has 11 heteroatoms. The van der Waals surface area contributed by atoms with Crippen LogP contribution in [0.25, 0.3) is 10.3 Å². The summed E-state index contributed by atoms with van der Waals surface area (Å²) in [5.41, 5.74) is 2.02. The molecule has 6 rings (SSSR count). The Balaban J connectivity index is 1.16. The molecular weight excluding hydrogens is 519 g/mol. The van der Waals surface area contributed by atoms with Gasteiger partial charge in [0.2, 0.25) is 0 Å². The lowest BCUT2D eigenvalue weighted by molar-refractivity contribution is -0.0722. The lowest BCUT2D eigenvalue weighted by Gasteiger charge is -2.32. The Morgan fingerprint density at radius 3 is 2.73 bits per heavy atom. The standard InChI is InChI=1S/C26H24ClFN4O4S/c1-26(18-7-6-15(27)12-29-18)35-17-5-3-4-16(22(17)36-26)14-8-10-32(11-9-14)13-19-30-24-21(31(19)2)20(28)23(37-24)25(33)34/h3-7,12,14H,8-11,13H2,1-2H3,(H,33,34)/t26-/m1/s1. The zero-order valence-electron chi connectivity index (χ0n) is 20.2. The summed E-state index contributed by atoms with van der Waals surface area (Å²) in [5.74, 6) is -0.520. The van der Waals surface area contributed by atoms with Crippen molar-refractivity contribution in [3.05, 3.63) is 69.3 Å². The van der Waals surface area contributed by atoms with Gasteiger partial charge in [-0.15, -0.1) is 11.3 Å². The van der Waals surface area contributed by atoms with E-state index in [1.807, 2.05) is 25.1 Å². The van der Waals surface area contributed by atoms with Gasteiger partial charge in [0, 0.05) is 25.7 Å². The van der Waals surface area contributed by atoms with Gasteiger partial charge in [0.15, 0.2) is 22.2 Å². The predicted octanol–water partition coefficient (Wildman–Crippen LogP) is 5.54. The van der Waals surface area contributed by atoms with Gasteiger partial charge in [-0.1, -0.05) is 23.7 Å². The summed E-state index contributed by atoms with van der Waals surface area (Å²) in [4.78, 5) is 22.6. The molecule has 0 amide bonds. The van der Waals surface area contributed by atoms with Gasteiger partial charge in [0.25, 0.3) is 5.79 Å². The molecule has 5 heterocycles. The number of halogens is 2. The number of para-hydroxylation sites is 1. The first-order chi connectivity index (χ1) is 17.7. The predicted molar refractivity (Wildman–Crippen MR) is 137 cm³/mol. The highest BCUT2D eigenvalue weighted by Crippen LogP contribution is 2.49. The number of carboxylic acids is 1. The Hall–Kier alpha value is -3.21. The first-order valence-corrected chi connectivity index (χ1v) is 13.1. The molecule has 1 fully saturated rings. The number of benzene rings is 1. The molecule has 0 spiro atoms. The molecule has 1 N–H and O–H groups in total. The highest BCUT2D eigenvalue weighted by Gasteiger charge is 2.42. The molecule has 0 unspecified atom stereocenters. The molecule has 8 nitrogen and oxygen atoms in total. The largest absolute Gasteiger partial charge is 0.477 e. The molecule has 37 heavy (non-hydrogen) atoms. The molecule has 3 aromatic heterocycles. The van der Waals surface area contributed by atoms with Crippen LogP contribution in [0.3, 0.4) is 0 Å². The van der Waals surface area contributed by atoms with Crippen molar-refractivity contribution in [1.82, 2.24) is 19.4 Å². The number of imidazole rings is 1. The van der Waals surface area contributed by atoms with Crippen LogP contribution in [0, 0.1) is 5.82 Å². The van der Waals surface area contributed by atoms with Gasteiger partial charge in [-0.05, 0) is 50.0 Å². The second kappa shape index (κ2) is 8.97. The first-order valence-electron chi connectivity index (χ1n) is 12.0. The third-order valence-electron chi connectivity index (χ3n) is 7.15. The van der Waals surface area contributed by atoms with Crippen LogP contribution in [0.1, 0.15) is 52.4 Å². The number of ether oxygens (including phenoxy) is 2. The molecule has 0 saturated carbocycles. The van der Waals surface area contributed by atoms with E-state index in [0.29, 0.717) is 33.8 Å². The lowest BCUT2D eigenvalue weighted by Crippen LogP contribution is -2.34. The van der Waals surface area contributed by atoms with Crippen molar-refractivity contribution in [1.29, 1.82) is 0 Å². The van der Waals surface area contributed by atoms with Crippen LogP contribution in [0.2, 0.25) is 5.02 Å². The zero-order chi connectivity index (χ0) is 25.9. The molecule has 1 aromatic carbocycles. The van der Waals surface area contributed by atoms with Gasteiger partial charge in [0.05, 0.1) is 11.6 Å². The number of hydrogen-bond acceptors (Lipinski definition) is 7. The third-order valence-corrected chi connectivity index (χ3v) is 8.41. The number of pyridine rings is 1. The van der Waals surface area contributed by atoms with Crippen LogP contribution in [-0.2, 0) is 19.4 Å². The topological polar surface area (TPSA) is 89.7 Å². The minimum atomic E-state index is -1.27. The smallest absolute Gasteiger partial charge is 0.349 e. The van der Waals surface area contributed by atoms with E-state index in [1.54, 1.807) is 23.9 Å². The zero-order valence-corrected chi connectivity index (χ0v) is 21.8. The number of piperidine rings is 1. The van der Waals surface area contributed by atoms with Crippen molar-refractivity contribution in [2.24, 2.45) is 7.05 Å². The van der Waals surface area contributed by atoms with Crippen LogP contribution < -0.4 is 9.47 Å². The Bertz CT molecular complexity index is 1510. The third kappa shape index (κ3) is 4.13. The maximum absolute atomic E-state index is 14.6. The fourth-order valence-electron chi connectivity index (χ4n) is 5.18. The number of carbonyl (C=O) groups is 1. The number of nitrogens with zero attached hydrogens (tertiary/aromatic N) is 4. The highest BCUT2D eigenvalue weighted by molar-refractivity contribution is 7.20. The average Bonchev–Trinajstić information content (AvgIpc) is 3.50. The number of aromatic nitrogens is 3. The SMILES string of the molecule is Cn1c(CN2CCC(c3cccc4c3O[C@](C)(c3ccc(Cl)cn3)O4)CC2)nc2sc(C(=O)O)c(F)c21. The van der Waals surface area contributed by atoms with E-state index in [-0.39, 0.29) is 10.4 Å². The molecule has 2 aliphatic heterocycles. The van der Waals surface area contributed by atoms with Crippen molar-refractivity contribution in [2.75, 3.05) is 13.1 Å². The summed E-state index contributed by atoms with van der Waals surface area (Å²) >= 11 is 6.87. The number of rotatable bonds is 5. The first kappa shape index (κ1) is 24.1. The van der Waals surface area contributed by atoms with Crippen molar-refractivity contribution in [3.8, 4) is 11.5 Å². The van der Waals surface area contributed by atoms with Crippen LogP contribution in [-0.4, -0.2) is 43.6 Å². The lowest BCUT2D eigenvalue weighted by atomic mass is 9.88. The normalized spacial score (nSPS) is 20.1. The molecular formula is C26H24ClFN4O4S. The molecule has 192 valence electrons. The number of hydrogen-bond donors (Lipinski definition) is 1.